The van der Waals surface area contributed by atoms with Crippen LogP contribution in [-0.2, 0) is 6.42 Å². The van der Waals surface area contributed by atoms with E-state index in [0.717, 1.165) is 30.3 Å². The summed E-state index contributed by atoms with van der Waals surface area (Å²) in [5.41, 5.74) is -6.28. The normalized spacial score (nSPS) is 10.6. The van der Waals surface area contributed by atoms with Crippen molar-refractivity contribution >= 4 is 35.8 Å². The maximum absolute atomic E-state index is 12.5. The first-order valence-electron chi connectivity index (χ1n) is 11.2. The molecule has 0 bridgehead atoms. The van der Waals surface area contributed by atoms with Crippen molar-refractivity contribution in [1.29, 1.82) is 0 Å². The molecular formula is C27H20O12. The number of hydrogen-bond acceptors (Lipinski definition) is 6. The minimum Gasteiger partial charge on any atom is -0.478 e. The fourth-order valence-electron chi connectivity index (χ4n) is 4.51. The predicted octanol–water partition coefficient (Wildman–Crippen LogP) is 4.16. The predicted molar refractivity (Wildman–Crippen MR) is 133 cm³/mol. The van der Waals surface area contributed by atoms with Crippen LogP contribution in [-0.4, -0.2) is 66.5 Å². The highest BCUT2D eigenvalue weighted by Crippen LogP contribution is 2.44. The average molecular weight is 536 g/mol. The Morgan fingerprint density at radius 3 is 1.31 bits per heavy atom. The van der Waals surface area contributed by atoms with Gasteiger partial charge in [0, 0.05) is 5.56 Å². The molecule has 0 heterocycles. The lowest BCUT2D eigenvalue weighted by atomic mass is 9.79. The summed E-state index contributed by atoms with van der Waals surface area (Å²) in [7, 11) is 0. The first-order chi connectivity index (χ1) is 18.3. The zero-order chi connectivity index (χ0) is 29.2. The topological polar surface area (TPSA) is 224 Å². The summed E-state index contributed by atoms with van der Waals surface area (Å²) in [4.78, 5) is 73.1. The summed E-state index contributed by atoms with van der Waals surface area (Å²) in [6.45, 7) is 1.69. The molecule has 12 heteroatoms. The number of benzene rings is 3. The van der Waals surface area contributed by atoms with Crippen LogP contribution in [0.5, 0.6) is 0 Å². The number of rotatable bonds is 10. The third-order valence-electron chi connectivity index (χ3n) is 5.93. The van der Waals surface area contributed by atoms with E-state index in [1.807, 2.05) is 0 Å². The van der Waals surface area contributed by atoms with E-state index in [1.165, 1.54) is 12.1 Å². The van der Waals surface area contributed by atoms with Gasteiger partial charge < -0.3 is 30.6 Å². The number of carboxylic acid groups (broad SMARTS) is 6. The standard InChI is InChI=1S/C27H20O12/c1-2-5-11-10-16(24(32)33)21(27(38)39)20(13-7-4-9-15(23(30)31)19(13)26(36)37)17(11)12-6-3-8-14(22(28)29)18(12)25(34)35/h3-4,6-10H,2,5H2,1H3,(H,28,29)(H,30,31)(H,32,33)(H,34,35)(H,36,37)(H,38,39). The second kappa shape index (κ2) is 10.8. The molecule has 0 saturated carbocycles. The molecule has 0 fully saturated rings. The van der Waals surface area contributed by atoms with Gasteiger partial charge in [-0.3, -0.25) is 0 Å². The molecule has 3 aromatic rings. The van der Waals surface area contributed by atoms with Crippen molar-refractivity contribution in [3.63, 3.8) is 0 Å². The van der Waals surface area contributed by atoms with Crippen molar-refractivity contribution in [2.24, 2.45) is 0 Å². The number of hydrogen-bond donors (Lipinski definition) is 6. The van der Waals surface area contributed by atoms with E-state index >= 15 is 0 Å². The maximum Gasteiger partial charge on any atom is 0.337 e. The fourth-order valence-corrected chi connectivity index (χ4v) is 4.51. The Morgan fingerprint density at radius 2 is 0.949 bits per heavy atom. The number of aryl methyl sites for hydroxylation is 1. The van der Waals surface area contributed by atoms with Gasteiger partial charge in [0.2, 0.25) is 0 Å². The lowest BCUT2D eigenvalue weighted by Gasteiger charge is -2.23. The zero-order valence-electron chi connectivity index (χ0n) is 20.1. The van der Waals surface area contributed by atoms with Crippen LogP contribution in [0.15, 0.2) is 42.5 Å². The van der Waals surface area contributed by atoms with Crippen LogP contribution >= 0.6 is 0 Å². The van der Waals surface area contributed by atoms with E-state index in [1.54, 1.807) is 6.92 Å². The number of carbonyl (C=O) groups is 6. The highest BCUT2D eigenvalue weighted by molar-refractivity contribution is 6.16. The van der Waals surface area contributed by atoms with Crippen molar-refractivity contribution in [1.82, 2.24) is 0 Å². The van der Waals surface area contributed by atoms with Gasteiger partial charge in [0.1, 0.15) is 0 Å². The molecule has 0 aliphatic heterocycles. The molecule has 0 atom stereocenters. The smallest absolute Gasteiger partial charge is 0.337 e. The van der Waals surface area contributed by atoms with Gasteiger partial charge in [0.15, 0.2) is 0 Å². The van der Waals surface area contributed by atoms with Gasteiger partial charge >= 0.3 is 35.8 Å². The average Bonchev–Trinajstić information content (AvgIpc) is 2.86. The van der Waals surface area contributed by atoms with Crippen LogP contribution in [0.2, 0.25) is 0 Å². The quantitative estimate of drug-likeness (QED) is 0.215. The third kappa shape index (κ3) is 5.03. The van der Waals surface area contributed by atoms with Crippen LogP contribution in [0.1, 0.15) is 81.1 Å². The van der Waals surface area contributed by atoms with E-state index in [2.05, 4.69) is 0 Å². The number of carboxylic acids is 6. The van der Waals surface area contributed by atoms with E-state index in [4.69, 9.17) is 0 Å². The molecule has 0 aliphatic carbocycles. The van der Waals surface area contributed by atoms with Crippen LogP contribution in [0.25, 0.3) is 22.3 Å². The van der Waals surface area contributed by atoms with Crippen molar-refractivity contribution in [3.05, 3.63) is 81.4 Å². The Hall–Kier alpha value is -5.52. The molecule has 0 spiro atoms. The molecular weight excluding hydrogens is 516 g/mol. The van der Waals surface area contributed by atoms with Gasteiger partial charge in [-0.1, -0.05) is 37.6 Å². The molecule has 6 N–H and O–H groups in total. The Bertz CT molecular complexity index is 1580. The van der Waals surface area contributed by atoms with E-state index in [-0.39, 0.29) is 23.1 Å². The Morgan fingerprint density at radius 1 is 0.538 bits per heavy atom. The minimum atomic E-state index is -1.82. The molecule has 0 amide bonds. The lowest BCUT2D eigenvalue weighted by Crippen LogP contribution is -2.17. The first-order valence-corrected chi connectivity index (χ1v) is 11.2. The van der Waals surface area contributed by atoms with Crippen LogP contribution in [0.4, 0.5) is 0 Å². The van der Waals surface area contributed by atoms with Gasteiger partial charge in [0.05, 0.1) is 33.4 Å². The summed E-state index contributed by atoms with van der Waals surface area (Å²) in [5.74, 6) is -10.3. The fraction of sp³-hybridized carbons (Fsp3) is 0.111. The van der Waals surface area contributed by atoms with Crippen molar-refractivity contribution < 1.29 is 59.4 Å². The second-order valence-electron chi connectivity index (χ2n) is 8.25. The molecule has 3 aromatic carbocycles. The summed E-state index contributed by atoms with van der Waals surface area (Å²) < 4.78 is 0. The Balaban J connectivity index is 2.80. The molecule has 0 saturated heterocycles. The summed E-state index contributed by atoms with van der Waals surface area (Å²) >= 11 is 0. The van der Waals surface area contributed by atoms with Gasteiger partial charge in [0.25, 0.3) is 0 Å². The molecule has 0 aromatic heterocycles. The molecule has 0 aliphatic rings. The SMILES string of the molecule is CCCc1cc(C(=O)O)c(C(=O)O)c(-c2cccc(C(=O)O)c2C(=O)O)c1-c1cccc(C(=O)O)c1C(=O)O. The molecule has 12 nitrogen and oxygen atoms in total. The van der Waals surface area contributed by atoms with E-state index in [0.29, 0.717) is 6.42 Å². The first kappa shape index (κ1) is 28.1. The Kier molecular flexibility index (Phi) is 7.80. The van der Waals surface area contributed by atoms with E-state index < -0.39 is 80.3 Å². The zero-order valence-corrected chi connectivity index (χ0v) is 20.1. The molecule has 0 radical (unpaired) electrons. The second-order valence-corrected chi connectivity index (χ2v) is 8.25. The van der Waals surface area contributed by atoms with Crippen molar-refractivity contribution in [2.45, 2.75) is 19.8 Å². The van der Waals surface area contributed by atoms with Crippen LogP contribution < -0.4 is 0 Å². The molecule has 0 unspecified atom stereocenters. The van der Waals surface area contributed by atoms with Gasteiger partial charge in [-0.05, 0) is 46.9 Å². The summed E-state index contributed by atoms with van der Waals surface area (Å²) in [6, 6.07) is 7.55. The lowest BCUT2D eigenvalue weighted by molar-refractivity contribution is 0.0650. The van der Waals surface area contributed by atoms with Gasteiger partial charge in [-0.15, -0.1) is 0 Å². The van der Waals surface area contributed by atoms with Crippen molar-refractivity contribution in [2.75, 3.05) is 0 Å². The molecule has 200 valence electrons. The van der Waals surface area contributed by atoms with E-state index in [9.17, 15) is 59.4 Å². The molecule has 39 heavy (non-hydrogen) atoms. The van der Waals surface area contributed by atoms with Crippen LogP contribution in [0.3, 0.4) is 0 Å². The Labute approximate surface area is 219 Å². The molecule has 3 rings (SSSR count). The number of aromatic carboxylic acids is 6. The monoisotopic (exact) mass is 536 g/mol. The van der Waals surface area contributed by atoms with Crippen LogP contribution in [0, 0.1) is 0 Å². The summed E-state index contributed by atoms with van der Waals surface area (Å²) in [5, 5.41) is 59.2. The third-order valence-corrected chi connectivity index (χ3v) is 5.93. The largest absolute Gasteiger partial charge is 0.478 e. The van der Waals surface area contributed by atoms with Gasteiger partial charge in [-0.2, -0.15) is 0 Å². The van der Waals surface area contributed by atoms with Gasteiger partial charge in [-0.25, -0.2) is 28.8 Å². The highest BCUT2D eigenvalue weighted by Gasteiger charge is 2.33. The van der Waals surface area contributed by atoms with Crippen molar-refractivity contribution in [3.8, 4) is 22.3 Å². The highest BCUT2D eigenvalue weighted by atomic mass is 16.4. The minimum absolute atomic E-state index is 0.0416. The summed E-state index contributed by atoms with van der Waals surface area (Å²) in [6.07, 6.45) is 0.375. The maximum atomic E-state index is 12.5.